The molecule has 28 heavy (non-hydrogen) atoms. The van der Waals surface area contributed by atoms with E-state index in [4.69, 9.17) is 9.47 Å². The molecular formula is C20H26N2O6. The van der Waals surface area contributed by atoms with Crippen LogP contribution in [0.2, 0.25) is 0 Å². The van der Waals surface area contributed by atoms with Gasteiger partial charge in [-0.15, -0.1) is 0 Å². The van der Waals surface area contributed by atoms with E-state index in [0.717, 1.165) is 11.1 Å². The van der Waals surface area contributed by atoms with Crippen molar-refractivity contribution in [3.63, 3.8) is 0 Å². The van der Waals surface area contributed by atoms with Crippen LogP contribution in [-0.2, 0) is 20.8 Å². The Morgan fingerprint density at radius 2 is 1.86 bits per heavy atom. The lowest BCUT2D eigenvalue weighted by molar-refractivity contribution is -0.145. The highest BCUT2D eigenvalue weighted by molar-refractivity contribution is 5.92. The van der Waals surface area contributed by atoms with Gasteiger partial charge in [-0.1, -0.05) is 13.8 Å². The Bertz CT molecular complexity index is 806. The van der Waals surface area contributed by atoms with Crippen molar-refractivity contribution in [3.05, 3.63) is 23.3 Å². The molecule has 2 amide bonds. The average molecular weight is 390 g/mol. The zero-order valence-electron chi connectivity index (χ0n) is 16.5. The molecular weight excluding hydrogens is 364 g/mol. The number of methoxy groups -OCH3 is 2. The van der Waals surface area contributed by atoms with Gasteiger partial charge < -0.3 is 24.8 Å². The van der Waals surface area contributed by atoms with Crippen molar-refractivity contribution in [3.8, 4) is 11.5 Å². The van der Waals surface area contributed by atoms with Gasteiger partial charge in [-0.05, 0) is 35.6 Å². The number of amides is 2. The quantitative estimate of drug-likeness (QED) is 0.763. The maximum Gasteiger partial charge on any atom is 0.326 e. The fourth-order valence-corrected chi connectivity index (χ4v) is 4.11. The van der Waals surface area contributed by atoms with Gasteiger partial charge in [-0.2, -0.15) is 0 Å². The van der Waals surface area contributed by atoms with Crippen molar-refractivity contribution in [2.75, 3.05) is 14.2 Å². The van der Waals surface area contributed by atoms with Gasteiger partial charge in [0.15, 0.2) is 11.5 Å². The van der Waals surface area contributed by atoms with Crippen LogP contribution in [0.15, 0.2) is 12.1 Å². The molecule has 0 saturated carbocycles. The number of nitrogens with one attached hydrogen (secondary N) is 1. The van der Waals surface area contributed by atoms with Crippen molar-refractivity contribution >= 4 is 17.8 Å². The number of carbonyl (C=O) groups is 3. The van der Waals surface area contributed by atoms with Gasteiger partial charge in [0, 0.05) is 12.8 Å². The monoisotopic (exact) mass is 390 g/mol. The molecule has 3 atom stereocenters. The number of carboxylic acid groups (broad SMARTS) is 1. The van der Waals surface area contributed by atoms with Gasteiger partial charge in [0.25, 0.3) is 0 Å². The molecule has 0 unspecified atom stereocenters. The summed E-state index contributed by atoms with van der Waals surface area (Å²) in [5.74, 6) is -0.760. The Morgan fingerprint density at radius 1 is 1.21 bits per heavy atom. The van der Waals surface area contributed by atoms with Crippen LogP contribution in [-0.4, -0.2) is 54.1 Å². The van der Waals surface area contributed by atoms with Crippen molar-refractivity contribution in [2.45, 2.75) is 51.2 Å². The predicted octanol–water partition coefficient (Wildman–Crippen LogP) is 1.52. The van der Waals surface area contributed by atoms with Crippen LogP contribution in [0.3, 0.4) is 0 Å². The van der Waals surface area contributed by atoms with Crippen LogP contribution in [0.5, 0.6) is 11.5 Å². The minimum absolute atomic E-state index is 0.0954. The molecule has 1 saturated heterocycles. The first-order chi connectivity index (χ1) is 13.3. The Labute approximate surface area is 163 Å². The maximum atomic E-state index is 13.0. The van der Waals surface area contributed by atoms with Crippen LogP contribution in [0, 0.1) is 5.92 Å². The smallest absolute Gasteiger partial charge is 0.326 e. The summed E-state index contributed by atoms with van der Waals surface area (Å²) < 4.78 is 10.8. The van der Waals surface area contributed by atoms with Gasteiger partial charge in [0.2, 0.25) is 11.8 Å². The van der Waals surface area contributed by atoms with Gasteiger partial charge >= 0.3 is 5.97 Å². The minimum Gasteiger partial charge on any atom is -0.493 e. The zero-order chi connectivity index (χ0) is 20.6. The first-order valence-electron chi connectivity index (χ1n) is 9.37. The highest BCUT2D eigenvalue weighted by atomic mass is 16.5. The molecule has 0 aliphatic carbocycles. The molecule has 0 aromatic heterocycles. The predicted molar refractivity (Wildman–Crippen MR) is 100 cm³/mol. The molecule has 0 spiro atoms. The molecule has 3 rings (SSSR count). The molecule has 2 aliphatic heterocycles. The van der Waals surface area contributed by atoms with Crippen LogP contribution in [0.25, 0.3) is 0 Å². The van der Waals surface area contributed by atoms with E-state index in [1.54, 1.807) is 33.0 Å². The van der Waals surface area contributed by atoms with E-state index in [9.17, 15) is 19.5 Å². The highest BCUT2D eigenvalue weighted by Gasteiger charge is 2.45. The topological polar surface area (TPSA) is 105 Å². The number of aliphatic carboxylic acids is 1. The number of hydrogen-bond donors (Lipinski definition) is 2. The molecule has 8 nitrogen and oxygen atoms in total. The van der Waals surface area contributed by atoms with Crippen LogP contribution in [0.4, 0.5) is 0 Å². The lowest BCUT2D eigenvalue weighted by Crippen LogP contribution is -2.56. The summed E-state index contributed by atoms with van der Waals surface area (Å²) in [6.07, 6.45) is 1.26. The van der Waals surface area contributed by atoms with Crippen molar-refractivity contribution in [1.82, 2.24) is 10.2 Å². The molecule has 1 aromatic rings. The molecule has 0 radical (unpaired) electrons. The lowest BCUT2D eigenvalue weighted by atomic mass is 9.87. The molecule has 1 aromatic carbocycles. The second kappa shape index (κ2) is 7.69. The van der Waals surface area contributed by atoms with E-state index >= 15 is 0 Å². The number of benzene rings is 1. The minimum atomic E-state index is -1.09. The Balaban J connectivity index is 1.97. The number of fused-ring (bicyclic) bond motifs is 3. The number of nitrogens with zero attached hydrogens (tertiary/aromatic N) is 1. The van der Waals surface area contributed by atoms with E-state index in [0.29, 0.717) is 30.8 Å². The van der Waals surface area contributed by atoms with E-state index in [-0.39, 0.29) is 17.9 Å². The lowest BCUT2D eigenvalue weighted by Gasteiger charge is -2.39. The Hall–Kier alpha value is -2.77. The van der Waals surface area contributed by atoms with Crippen molar-refractivity contribution < 1.29 is 29.0 Å². The van der Waals surface area contributed by atoms with E-state index in [1.165, 1.54) is 0 Å². The van der Waals surface area contributed by atoms with Gasteiger partial charge in [-0.25, -0.2) is 4.79 Å². The first-order valence-corrected chi connectivity index (χ1v) is 9.37. The van der Waals surface area contributed by atoms with Crippen LogP contribution >= 0.6 is 0 Å². The third kappa shape index (κ3) is 3.39. The molecule has 8 heteroatoms. The first kappa shape index (κ1) is 20.0. The molecule has 1 fully saturated rings. The summed E-state index contributed by atoms with van der Waals surface area (Å²) in [4.78, 5) is 38.6. The summed E-state index contributed by atoms with van der Waals surface area (Å²) in [6, 6.07) is 1.73. The third-order valence-electron chi connectivity index (χ3n) is 5.54. The van der Waals surface area contributed by atoms with Gasteiger partial charge in [0.1, 0.15) is 12.1 Å². The molecule has 2 N–H and O–H groups in total. The van der Waals surface area contributed by atoms with E-state index in [1.807, 2.05) is 12.1 Å². The summed E-state index contributed by atoms with van der Waals surface area (Å²) in [7, 11) is 3.10. The number of ether oxygens (including phenoxy) is 2. The SMILES string of the molecule is COc1cc2c(cc1OC)[C@H]1CCC(=O)N1[C@H](C(=O)N[C@H](C(=O)O)C(C)C)C2. The third-order valence-corrected chi connectivity index (χ3v) is 5.54. The fourth-order valence-electron chi connectivity index (χ4n) is 4.11. The maximum absolute atomic E-state index is 13.0. The van der Waals surface area contributed by atoms with Crippen LogP contribution in [0.1, 0.15) is 43.9 Å². The summed E-state index contributed by atoms with van der Waals surface area (Å²) in [6.45, 7) is 3.46. The van der Waals surface area contributed by atoms with E-state index in [2.05, 4.69) is 5.32 Å². The Morgan fingerprint density at radius 3 is 2.43 bits per heavy atom. The second-order valence-electron chi connectivity index (χ2n) is 7.55. The van der Waals surface area contributed by atoms with Crippen molar-refractivity contribution in [2.24, 2.45) is 5.92 Å². The van der Waals surface area contributed by atoms with E-state index < -0.39 is 24.0 Å². The molecule has 2 aliphatic rings. The number of rotatable bonds is 6. The molecule has 152 valence electrons. The molecule has 0 bridgehead atoms. The number of hydrogen-bond acceptors (Lipinski definition) is 5. The molecule has 2 heterocycles. The summed E-state index contributed by atoms with van der Waals surface area (Å²) in [5, 5.41) is 12.0. The second-order valence-corrected chi connectivity index (χ2v) is 7.55. The fraction of sp³-hybridized carbons (Fsp3) is 0.550. The van der Waals surface area contributed by atoms with Crippen LogP contribution < -0.4 is 14.8 Å². The zero-order valence-corrected chi connectivity index (χ0v) is 16.5. The van der Waals surface area contributed by atoms with Gasteiger partial charge in [0.05, 0.1) is 20.3 Å². The average Bonchev–Trinajstić information content (AvgIpc) is 3.05. The number of carbonyl (C=O) groups excluding carboxylic acids is 2. The summed E-state index contributed by atoms with van der Waals surface area (Å²) >= 11 is 0. The van der Waals surface area contributed by atoms with Gasteiger partial charge in [-0.3, -0.25) is 9.59 Å². The van der Waals surface area contributed by atoms with Crippen molar-refractivity contribution in [1.29, 1.82) is 0 Å². The largest absolute Gasteiger partial charge is 0.493 e. The normalized spacial score (nSPS) is 21.8. The number of carboxylic acids is 1. The summed E-state index contributed by atoms with van der Waals surface area (Å²) in [5.41, 5.74) is 1.86. The highest BCUT2D eigenvalue weighted by Crippen LogP contribution is 2.44. The standard InChI is InChI=1S/C20H26N2O6/c1-10(2)18(20(25)26)21-19(24)14-7-11-8-15(27-3)16(28-4)9-12(11)13-5-6-17(23)22(13)14/h8-10,13-14,18H,5-7H2,1-4H3,(H,21,24)(H,25,26)/t13-,14+,18+/m1/s1. The Kier molecular flexibility index (Phi) is 5.49.